The predicted molar refractivity (Wildman–Crippen MR) is 135 cm³/mol. The van der Waals surface area contributed by atoms with Crippen molar-refractivity contribution in [3.05, 3.63) is 42.9 Å². The van der Waals surface area contributed by atoms with Gasteiger partial charge in [0.05, 0.1) is 22.8 Å². The molecule has 1 fully saturated rings. The van der Waals surface area contributed by atoms with E-state index in [4.69, 9.17) is 4.98 Å². The first-order valence-electron chi connectivity index (χ1n) is 12.0. The van der Waals surface area contributed by atoms with Gasteiger partial charge in [-0.15, -0.1) is 0 Å². The molecule has 2 aliphatic rings. The molecule has 10 heteroatoms. The lowest BCUT2D eigenvalue weighted by atomic mass is 9.97. The molecule has 1 aromatic carbocycles. The lowest BCUT2D eigenvalue weighted by Crippen LogP contribution is -2.58. The maximum absolute atomic E-state index is 12.1. The zero-order valence-electron chi connectivity index (χ0n) is 20.2. The number of aromatic nitrogens is 4. The number of imidazole rings is 1. The Bertz CT molecular complexity index is 1330. The number of anilines is 2. The fourth-order valence-electron chi connectivity index (χ4n) is 5.43. The van der Waals surface area contributed by atoms with Gasteiger partial charge in [-0.2, -0.15) is 4.98 Å². The minimum Gasteiger partial charge on any atom is -0.359 e. The standard InChI is InChI=1S/C25H30N6O3S/c1-4-20-22(16-32)29(2)21-15-27-25(28-24(21)31(20)18-7-5-6-8-18)30-14-13-26-23(30)17-9-11-19(12-10-17)35(3,33)34/h9-16,18,20,22H,4-8H2,1-3H3. The molecule has 0 amide bonds. The molecule has 0 N–H and O–H groups in total. The van der Waals surface area contributed by atoms with E-state index in [-0.39, 0.29) is 17.0 Å². The van der Waals surface area contributed by atoms with Gasteiger partial charge < -0.3 is 14.6 Å². The van der Waals surface area contributed by atoms with Crippen LogP contribution in [0.25, 0.3) is 17.3 Å². The van der Waals surface area contributed by atoms with Gasteiger partial charge in [0.2, 0.25) is 5.95 Å². The number of aldehydes is 1. The molecule has 35 heavy (non-hydrogen) atoms. The summed E-state index contributed by atoms with van der Waals surface area (Å²) in [5.41, 5.74) is 1.61. The topological polar surface area (TPSA) is 101 Å². The van der Waals surface area contributed by atoms with Crippen LogP contribution >= 0.6 is 0 Å². The summed E-state index contributed by atoms with van der Waals surface area (Å²) in [4.78, 5) is 30.9. The molecule has 3 heterocycles. The third-order valence-electron chi connectivity index (χ3n) is 7.23. The van der Waals surface area contributed by atoms with Crippen molar-refractivity contribution in [2.75, 3.05) is 23.1 Å². The van der Waals surface area contributed by atoms with Crippen molar-refractivity contribution in [3.8, 4) is 17.3 Å². The fraction of sp³-hybridized carbons (Fsp3) is 0.440. The average molecular weight is 495 g/mol. The summed E-state index contributed by atoms with van der Waals surface area (Å²) in [5.74, 6) is 1.96. The second-order valence-corrected chi connectivity index (χ2v) is 11.4. The van der Waals surface area contributed by atoms with E-state index in [2.05, 4.69) is 21.8 Å². The van der Waals surface area contributed by atoms with Crippen molar-refractivity contribution in [1.82, 2.24) is 19.5 Å². The van der Waals surface area contributed by atoms with E-state index in [1.807, 2.05) is 16.5 Å². The monoisotopic (exact) mass is 494 g/mol. The third-order valence-corrected chi connectivity index (χ3v) is 8.36. The van der Waals surface area contributed by atoms with E-state index in [0.717, 1.165) is 42.6 Å². The number of rotatable bonds is 6. The Morgan fingerprint density at radius 3 is 2.46 bits per heavy atom. The number of hydrogen-bond acceptors (Lipinski definition) is 8. The maximum Gasteiger partial charge on any atom is 0.237 e. The molecule has 5 rings (SSSR count). The number of benzene rings is 1. The van der Waals surface area contributed by atoms with Crippen LogP contribution in [0.5, 0.6) is 0 Å². The lowest BCUT2D eigenvalue weighted by molar-refractivity contribution is -0.109. The highest BCUT2D eigenvalue weighted by Crippen LogP contribution is 2.41. The molecule has 3 aromatic rings. The zero-order chi connectivity index (χ0) is 24.7. The molecule has 9 nitrogen and oxygen atoms in total. The van der Waals surface area contributed by atoms with Gasteiger partial charge in [-0.05, 0) is 43.5 Å². The number of carbonyl (C=O) groups excluding carboxylic acids is 1. The number of sulfone groups is 1. The molecule has 1 aliphatic heterocycles. The van der Waals surface area contributed by atoms with Gasteiger partial charge in [-0.25, -0.2) is 18.4 Å². The Hall–Kier alpha value is -3.27. The van der Waals surface area contributed by atoms with E-state index >= 15 is 0 Å². The van der Waals surface area contributed by atoms with E-state index in [1.54, 1.807) is 42.9 Å². The molecule has 2 atom stereocenters. The minimum absolute atomic E-state index is 0.0432. The minimum atomic E-state index is -3.28. The first-order valence-corrected chi connectivity index (χ1v) is 13.9. The molecule has 2 aromatic heterocycles. The molecular formula is C25H30N6O3S. The zero-order valence-corrected chi connectivity index (χ0v) is 21.0. The number of hydrogen-bond donors (Lipinski definition) is 0. The second kappa shape index (κ2) is 9.07. The summed E-state index contributed by atoms with van der Waals surface area (Å²) in [6, 6.07) is 6.80. The summed E-state index contributed by atoms with van der Waals surface area (Å²) in [6.07, 6.45) is 12.9. The van der Waals surface area contributed by atoms with Crippen molar-refractivity contribution >= 4 is 27.6 Å². The summed E-state index contributed by atoms with van der Waals surface area (Å²) in [6.45, 7) is 2.12. The SMILES string of the molecule is CCC1C(C=O)N(C)c2cnc(-n3ccnc3-c3ccc(S(C)(=O)=O)cc3)nc2N1C1CCCC1. The van der Waals surface area contributed by atoms with Crippen molar-refractivity contribution < 1.29 is 13.2 Å². The highest BCUT2D eigenvalue weighted by atomic mass is 32.2. The predicted octanol–water partition coefficient (Wildman–Crippen LogP) is 3.28. The van der Waals surface area contributed by atoms with Gasteiger partial charge in [0.15, 0.2) is 15.7 Å². The summed E-state index contributed by atoms with van der Waals surface area (Å²) < 4.78 is 25.5. The van der Waals surface area contributed by atoms with Crippen LogP contribution < -0.4 is 9.80 Å². The normalized spacial score (nSPS) is 20.8. The quantitative estimate of drug-likeness (QED) is 0.481. The van der Waals surface area contributed by atoms with Gasteiger partial charge in [0, 0.05) is 37.3 Å². The van der Waals surface area contributed by atoms with Gasteiger partial charge >= 0.3 is 0 Å². The Labute approximate surface area is 205 Å². The Kier molecular flexibility index (Phi) is 6.08. The number of fused-ring (bicyclic) bond motifs is 1. The molecule has 0 radical (unpaired) electrons. The molecular weight excluding hydrogens is 464 g/mol. The molecule has 0 saturated heterocycles. The van der Waals surface area contributed by atoms with Crippen LogP contribution in [0.3, 0.4) is 0 Å². The Balaban J connectivity index is 1.59. The van der Waals surface area contributed by atoms with Crippen LogP contribution in [-0.4, -0.2) is 65.7 Å². The van der Waals surface area contributed by atoms with Crippen LogP contribution in [0.4, 0.5) is 11.5 Å². The van der Waals surface area contributed by atoms with Crippen LogP contribution in [0.15, 0.2) is 47.8 Å². The van der Waals surface area contributed by atoms with Crippen LogP contribution in [0.1, 0.15) is 39.0 Å². The van der Waals surface area contributed by atoms with Gasteiger partial charge in [0.1, 0.15) is 18.2 Å². The van der Waals surface area contributed by atoms with Crippen molar-refractivity contribution in [3.63, 3.8) is 0 Å². The van der Waals surface area contributed by atoms with Gasteiger partial charge in [-0.3, -0.25) is 4.57 Å². The Morgan fingerprint density at radius 2 is 1.83 bits per heavy atom. The maximum atomic E-state index is 12.1. The fourth-order valence-corrected chi connectivity index (χ4v) is 6.06. The van der Waals surface area contributed by atoms with Gasteiger partial charge in [-0.1, -0.05) is 19.8 Å². The lowest BCUT2D eigenvalue weighted by Gasteiger charge is -2.48. The third kappa shape index (κ3) is 4.09. The van der Waals surface area contributed by atoms with Gasteiger partial charge in [0.25, 0.3) is 0 Å². The van der Waals surface area contributed by atoms with Crippen LogP contribution in [0, 0.1) is 0 Å². The van der Waals surface area contributed by atoms with E-state index in [1.165, 1.54) is 19.1 Å². The summed E-state index contributed by atoms with van der Waals surface area (Å²) in [5, 5.41) is 0. The number of likely N-dealkylation sites (N-methyl/N-ethyl adjacent to an activating group) is 1. The smallest absolute Gasteiger partial charge is 0.237 e. The molecule has 1 aliphatic carbocycles. The molecule has 2 unspecified atom stereocenters. The molecule has 1 saturated carbocycles. The molecule has 0 spiro atoms. The van der Waals surface area contributed by atoms with Crippen LogP contribution in [0.2, 0.25) is 0 Å². The van der Waals surface area contributed by atoms with E-state index in [0.29, 0.717) is 17.8 Å². The van der Waals surface area contributed by atoms with Crippen molar-refractivity contribution in [2.24, 2.45) is 0 Å². The first kappa shape index (κ1) is 23.5. The highest BCUT2D eigenvalue weighted by Gasteiger charge is 2.41. The molecule has 0 bridgehead atoms. The highest BCUT2D eigenvalue weighted by molar-refractivity contribution is 7.90. The van der Waals surface area contributed by atoms with E-state index < -0.39 is 9.84 Å². The first-order chi connectivity index (χ1) is 16.8. The largest absolute Gasteiger partial charge is 0.359 e. The average Bonchev–Trinajstić information content (AvgIpc) is 3.55. The number of nitrogens with zero attached hydrogens (tertiary/aromatic N) is 6. The van der Waals surface area contributed by atoms with E-state index in [9.17, 15) is 13.2 Å². The summed E-state index contributed by atoms with van der Waals surface area (Å²) >= 11 is 0. The molecule has 184 valence electrons. The Morgan fingerprint density at radius 1 is 1.11 bits per heavy atom. The second-order valence-electron chi connectivity index (χ2n) is 9.35. The van der Waals surface area contributed by atoms with Crippen LogP contribution in [-0.2, 0) is 14.6 Å². The summed E-state index contributed by atoms with van der Waals surface area (Å²) in [7, 11) is -1.35. The number of carbonyl (C=O) groups is 1. The van der Waals surface area contributed by atoms with Crippen molar-refractivity contribution in [1.29, 1.82) is 0 Å². The van der Waals surface area contributed by atoms with Crippen molar-refractivity contribution in [2.45, 2.75) is 62.0 Å².